The van der Waals surface area contributed by atoms with E-state index in [1.165, 1.54) is 28.9 Å². The molecule has 3 aromatic heterocycles. The van der Waals surface area contributed by atoms with E-state index in [2.05, 4.69) is 25.3 Å². The molecule has 0 saturated carbocycles. The molecule has 0 aliphatic heterocycles. The van der Waals surface area contributed by atoms with Crippen LogP contribution in [0.25, 0.3) is 32.3 Å². The van der Waals surface area contributed by atoms with Gasteiger partial charge in [0.25, 0.3) is 5.91 Å². The maximum absolute atomic E-state index is 12.8. The Morgan fingerprint density at radius 2 is 1.87 bits per heavy atom. The predicted molar refractivity (Wildman–Crippen MR) is 112 cm³/mol. The van der Waals surface area contributed by atoms with Gasteiger partial charge in [0.2, 0.25) is 0 Å². The summed E-state index contributed by atoms with van der Waals surface area (Å²) in [5.74, 6) is -1.53. The van der Waals surface area contributed by atoms with Gasteiger partial charge in [0.15, 0.2) is 0 Å². The second-order valence-electron chi connectivity index (χ2n) is 5.93. The quantitative estimate of drug-likeness (QED) is 0.437. The molecule has 2 N–H and O–H groups in total. The number of hydrogen-bond acceptors (Lipinski definition) is 10. The minimum absolute atomic E-state index is 0.0832. The Morgan fingerprint density at radius 1 is 1.13 bits per heavy atom. The maximum Gasteiger partial charge on any atom is 0.325 e. The first-order valence-corrected chi connectivity index (χ1v) is 10.6. The fourth-order valence-electron chi connectivity index (χ4n) is 2.79. The van der Waals surface area contributed by atoms with Crippen LogP contribution in [0.15, 0.2) is 35.4 Å². The number of nitrogens with zero attached hydrogens (tertiary/aromatic N) is 4. The summed E-state index contributed by atoms with van der Waals surface area (Å²) >= 11 is 2.72. The molecule has 4 rings (SSSR count). The summed E-state index contributed by atoms with van der Waals surface area (Å²) in [6.07, 6.45) is 4.76. The van der Waals surface area contributed by atoms with Gasteiger partial charge in [-0.3, -0.25) is 14.6 Å². The summed E-state index contributed by atoms with van der Waals surface area (Å²) < 4.78 is 4.83. The molecule has 0 spiro atoms. The van der Waals surface area contributed by atoms with Gasteiger partial charge in [-0.15, -0.1) is 22.7 Å². The van der Waals surface area contributed by atoms with Crippen molar-refractivity contribution in [1.82, 2.24) is 25.3 Å². The number of esters is 1. The number of phenols is 1. The first-order valence-electron chi connectivity index (χ1n) is 8.84. The van der Waals surface area contributed by atoms with Crippen molar-refractivity contribution in [2.75, 3.05) is 13.2 Å². The predicted octanol–water partition coefficient (Wildman–Crippen LogP) is 2.88. The molecule has 1 amide bonds. The van der Waals surface area contributed by atoms with E-state index >= 15 is 0 Å². The second-order valence-corrected chi connectivity index (χ2v) is 7.72. The van der Waals surface area contributed by atoms with Crippen LogP contribution < -0.4 is 5.32 Å². The second kappa shape index (κ2) is 8.51. The van der Waals surface area contributed by atoms with Crippen LogP contribution in [0.5, 0.6) is 5.75 Å². The first-order chi connectivity index (χ1) is 14.6. The largest absolute Gasteiger partial charge is 0.506 e. The number of benzene rings is 1. The average molecular weight is 441 g/mol. The van der Waals surface area contributed by atoms with Crippen molar-refractivity contribution in [3.63, 3.8) is 0 Å². The molecule has 30 heavy (non-hydrogen) atoms. The Kier molecular flexibility index (Phi) is 5.63. The van der Waals surface area contributed by atoms with Crippen molar-refractivity contribution in [2.45, 2.75) is 6.92 Å². The SMILES string of the molecule is CCOC(=O)CNC(=O)c1c(O)c(-c2nccs2)cc2nc(-c3nccs3)cnc12. The minimum atomic E-state index is -0.666. The van der Waals surface area contributed by atoms with Crippen LogP contribution in [0.4, 0.5) is 0 Å². The third kappa shape index (κ3) is 3.84. The minimum Gasteiger partial charge on any atom is -0.506 e. The highest BCUT2D eigenvalue weighted by atomic mass is 32.1. The fourth-order valence-corrected chi connectivity index (χ4v) is 4.04. The van der Waals surface area contributed by atoms with Crippen LogP contribution in [0, 0.1) is 0 Å². The van der Waals surface area contributed by atoms with Crippen LogP contribution in [0.3, 0.4) is 0 Å². The molecule has 0 fully saturated rings. The smallest absolute Gasteiger partial charge is 0.325 e. The van der Waals surface area contributed by atoms with Crippen molar-refractivity contribution in [2.24, 2.45) is 0 Å². The number of carbonyl (C=O) groups excluding carboxylic acids is 2. The summed E-state index contributed by atoms with van der Waals surface area (Å²) in [5, 5.41) is 18.1. The third-order valence-electron chi connectivity index (χ3n) is 4.05. The third-order valence-corrected chi connectivity index (χ3v) is 5.65. The molecule has 0 radical (unpaired) electrons. The van der Waals surface area contributed by atoms with Gasteiger partial charge in [0.1, 0.15) is 39.1 Å². The van der Waals surface area contributed by atoms with Crippen molar-refractivity contribution in [3.05, 3.63) is 41.0 Å². The molecule has 4 aromatic rings. The number of thiazole rings is 2. The van der Waals surface area contributed by atoms with Crippen molar-refractivity contribution < 1.29 is 19.4 Å². The van der Waals surface area contributed by atoms with Crippen LogP contribution in [0.1, 0.15) is 17.3 Å². The Labute approximate surface area is 178 Å². The molecule has 3 heterocycles. The number of aromatic hydroxyl groups is 1. The summed E-state index contributed by atoms with van der Waals surface area (Å²) in [7, 11) is 0. The molecule has 0 saturated heterocycles. The summed E-state index contributed by atoms with van der Waals surface area (Å²) in [6, 6.07) is 1.63. The molecule has 0 aliphatic rings. The molecule has 0 atom stereocenters. The van der Waals surface area contributed by atoms with Crippen molar-refractivity contribution in [3.8, 4) is 27.0 Å². The lowest BCUT2D eigenvalue weighted by molar-refractivity contribution is -0.141. The van der Waals surface area contributed by atoms with Crippen LogP contribution in [-0.2, 0) is 9.53 Å². The molecule has 0 aliphatic carbocycles. The van der Waals surface area contributed by atoms with Gasteiger partial charge in [-0.1, -0.05) is 0 Å². The average Bonchev–Trinajstić information content (AvgIpc) is 3.45. The molecule has 1 aromatic carbocycles. The summed E-state index contributed by atoms with van der Waals surface area (Å²) in [6.45, 7) is 1.54. The molecule has 0 bridgehead atoms. The van der Waals surface area contributed by atoms with E-state index < -0.39 is 11.9 Å². The van der Waals surface area contributed by atoms with E-state index in [-0.39, 0.29) is 30.0 Å². The van der Waals surface area contributed by atoms with Crippen LogP contribution in [0.2, 0.25) is 0 Å². The normalized spacial score (nSPS) is 10.8. The highest BCUT2D eigenvalue weighted by molar-refractivity contribution is 7.13. The highest BCUT2D eigenvalue weighted by Crippen LogP contribution is 2.38. The highest BCUT2D eigenvalue weighted by Gasteiger charge is 2.24. The number of hydrogen-bond donors (Lipinski definition) is 2. The molecular formula is C19H15N5O4S2. The standard InChI is InChI=1S/C19H15N5O4S2/c1-2-28-13(25)9-23-17(27)14-15-11(7-10(16(14)26)18-20-3-5-29-18)24-12(8-22-15)19-21-4-6-30-19/h3-8,26H,2,9H2,1H3,(H,23,27). The van der Waals surface area contributed by atoms with Gasteiger partial charge in [-0.05, 0) is 13.0 Å². The topological polar surface area (TPSA) is 127 Å². The number of rotatable bonds is 6. The fraction of sp³-hybridized carbons (Fsp3) is 0.158. The van der Waals surface area contributed by atoms with E-state index in [0.717, 1.165) is 0 Å². The van der Waals surface area contributed by atoms with E-state index in [0.29, 0.717) is 26.8 Å². The molecule has 9 nitrogen and oxygen atoms in total. The zero-order chi connectivity index (χ0) is 21.1. The molecular weight excluding hydrogens is 426 g/mol. The van der Waals surface area contributed by atoms with Crippen molar-refractivity contribution >= 4 is 45.6 Å². The lowest BCUT2D eigenvalue weighted by atomic mass is 10.0. The van der Waals surface area contributed by atoms with Gasteiger partial charge in [0, 0.05) is 23.2 Å². The Morgan fingerprint density at radius 3 is 2.53 bits per heavy atom. The van der Waals surface area contributed by atoms with Gasteiger partial charge in [-0.25, -0.2) is 15.0 Å². The summed E-state index contributed by atoms with van der Waals surface area (Å²) in [4.78, 5) is 41.8. The van der Waals surface area contributed by atoms with Gasteiger partial charge >= 0.3 is 5.97 Å². The zero-order valence-electron chi connectivity index (χ0n) is 15.7. The number of carbonyl (C=O) groups is 2. The van der Waals surface area contributed by atoms with Crippen molar-refractivity contribution in [1.29, 1.82) is 0 Å². The van der Waals surface area contributed by atoms with E-state index in [1.807, 2.05) is 5.38 Å². The number of nitrogens with one attached hydrogen (secondary N) is 1. The summed E-state index contributed by atoms with van der Waals surface area (Å²) in [5.41, 5.74) is 1.41. The lowest BCUT2D eigenvalue weighted by Gasteiger charge is -2.12. The molecule has 11 heteroatoms. The molecule has 0 unspecified atom stereocenters. The Balaban J connectivity index is 1.83. The van der Waals surface area contributed by atoms with Gasteiger partial charge in [0.05, 0.1) is 23.9 Å². The van der Waals surface area contributed by atoms with E-state index in [4.69, 9.17) is 4.74 Å². The monoisotopic (exact) mass is 441 g/mol. The first kappa shape index (κ1) is 19.9. The molecule has 152 valence electrons. The Hall–Kier alpha value is -3.44. The van der Waals surface area contributed by atoms with Crippen LogP contribution >= 0.6 is 22.7 Å². The van der Waals surface area contributed by atoms with Gasteiger partial charge < -0.3 is 15.2 Å². The number of ether oxygens (including phenoxy) is 1. The lowest BCUT2D eigenvalue weighted by Crippen LogP contribution is -2.31. The number of fused-ring (bicyclic) bond motifs is 1. The number of aromatic nitrogens is 4. The van der Waals surface area contributed by atoms with E-state index in [1.54, 1.807) is 30.8 Å². The van der Waals surface area contributed by atoms with E-state index in [9.17, 15) is 14.7 Å². The Bertz CT molecular complexity index is 1210. The van der Waals surface area contributed by atoms with Gasteiger partial charge in [-0.2, -0.15) is 0 Å². The number of amides is 1. The number of phenolic OH excluding ortho intramolecular Hbond substituents is 1. The maximum atomic E-state index is 12.8. The van der Waals surface area contributed by atoms with Crippen LogP contribution in [-0.4, -0.2) is 50.1 Å². The zero-order valence-corrected chi connectivity index (χ0v) is 17.3.